The van der Waals surface area contributed by atoms with E-state index in [0.29, 0.717) is 0 Å². The monoisotopic (exact) mass is 442 g/mol. The fourth-order valence-electron chi connectivity index (χ4n) is 2.86. The molecule has 136 valence electrons. The Morgan fingerprint density at radius 1 is 0.679 bits per heavy atom. The van der Waals surface area contributed by atoms with Gasteiger partial charge in [-0.25, -0.2) is 16.8 Å². The van der Waals surface area contributed by atoms with Gasteiger partial charge in [-0.1, -0.05) is 24.3 Å². The van der Waals surface area contributed by atoms with Gasteiger partial charge in [0.25, 0.3) is 0 Å². The largest absolute Gasteiger partial charge is 1.00 e. The summed E-state index contributed by atoms with van der Waals surface area (Å²) in [6, 6.07) is 5.38. The van der Waals surface area contributed by atoms with Crippen molar-refractivity contribution in [1.29, 1.82) is 0 Å². The Morgan fingerprint density at radius 3 is 1.21 bits per heavy atom. The van der Waals surface area contributed by atoms with Crippen LogP contribution in [0.4, 0.5) is 11.4 Å². The molecule has 3 rings (SSSR count). The van der Waals surface area contributed by atoms with Crippen molar-refractivity contribution in [2.24, 2.45) is 0 Å². The van der Waals surface area contributed by atoms with Crippen molar-refractivity contribution in [1.82, 2.24) is 0 Å². The van der Waals surface area contributed by atoms with E-state index in [1.54, 1.807) is 0 Å². The Balaban J connectivity index is 0.00000196. The van der Waals surface area contributed by atoms with Gasteiger partial charge in [0.15, 0.2) is 11.6 Å². The molecule has 0 bridgehead atoms. The number of hydrogen-bond donors (Lipinski definition) is 2. The molecule has 0 heterocycles. The van der Waals surface area contributed by atoms with Crippen LogP contribution in [0, 0.1) is 0 Å². The minimum atomic E-state index is -5.62. The minimum Gasteiger partial charge on any atom is -0.744 e. The molecular weight excluding hydrogens is 434 g/mol. The van der Waals surface area contributed by atoms with E-state index >= 15 is 0 Å². The molecule has 2 aromatic rings. The second-order valence-electron chi connectivity index (χ2n) is 5.35. The van der Waals surface area contributed by atoms with Crippen molar-refractivity contribution >= 4 is 43.2 Å². The van der Waals surface area contributed by atoms with Crippen LogP contribution in [-0.4, -0.2) is 37.5 Å². The van der Waals surface area contributed by atoms with Gasteiger partial charge >= 0.3 is 59.1 Å². The average Bonchev–Trinajstić information content (AvgIpc) is 2.51. The standard InChI is InChI=1S/C14H10N2O8S2.2Na/c15-9-7-8(12(18)6-4-2-1-3-5(6)11(7)17)10(16)14(26(22,23)24)13(9)25(19,20)21;;/h1-4H,15-16H2,(H,19,20,21)(H,22,23,24);;/q;2*+1/p-2. The fraction of sp³-hybridized carbons (Fsp3) is 0. The summed E-state index contributed by atoms with van der Waals surface area (Å²) in [7, 11) is -11.2. The summed E-state index contributed by atoms with van der Waals surface area (Å²) in [6.07, 6.45) is 0. The van der Waals surface area contributed by atoms with Gasteiger partial charge in [0, 0.05) is 11.1 Å². The minimum absolute atomic E-state index is 0. The topological polar surface area (TPSA) is 201 Å². The average molecular weight is 442 g/mol. The summed E-state index contributed by atoms with van der Waals surface area (Å²) in [6.45, 7) is 0. The molecule has 0 atom stereocenters. The van der Waals surface area contributed by atoms with Gasteiger partial charge in [-0.05, 0) is 0 Å². The van der Waals surface area contributed by atoms with Crippen molar-refractivity contribution in [2.45, 2.75) is 9.79 Å². The van der Waals surface area contributed by atoms with Crippen LogP contribution in [0.1, 0.15) is 31.8 Å². The first kappa shape index (κ1) is 25.2. The Kier molecular flexibility index (Phi) is 7.34. The Labute approximate surface area is 203 Å². The SMILES string of the molecule is Nc1c2c(c(N)c(S(=O)(=O)[O-])c1S(=O)(=O)[O-])C(=O)c1ccccc1C2=O.[Na+].[Na+]. The van der Waals surface area contributed by atoms with Crippen LogP contribution in [0.3, 0.4) is 0 Å². The molecule has 2 aromatic carbocycles. The molecule has 28 heavy (non-hydrogen) atoms. The predicted octanol–water partition coefficient (Wildman–Crippen LogP) is -6.56. The van der Waals surface area contributed by atoms with Crippen LogP contribution in [0.2, 0.25) is 0 Å². The van der Waals surface area contributed by atoms with Gasteiger partial charge in [-0.2, -0.15) is 0 Å². The summed E-state index contributed by atoms with van der Waals surface area (Å²) in [5.74, 6) is -1.86. The zero-order valence-corrected chi connectivity index (χ0v) is 20.2. The van der Waals surface area contributed by atoms with Crippen LogP contribution in [-0.2, 0) is 20.2 Å². The summed E-state index contributed by atoms with van der Waals surface area (Å²) in [4.78, 5) is 22.0. The van der Waals surface area contributed by atoms with Crippen LogP contribution < -0.4 is 70.6 Å². The van der Waals surface area contributed by atoms with Gasteiger partial charge in [0.05, 0.1) is 32.3 Å². The van der Waals surface area contributed by atoms with Gasteiger partial charge in [0.2, 0.25) is 0 Å². The maximum Gasteiger partial charge on any atom is 1.00 e. The van der Waals surface area contributed by atoms with E-state index in [1.807, 2.05) is 0 Å². The molecule has 10 nitrogen and oxygen atoms in total. The summed E-state index contributed by atoms with van der Waals surface area (Å²) in [5, 5.41) is 0. The molecule has 1 aliphatic rings. The first-order chi connectivity index (χ1) is 11.9. The molecular formula is C14H8N2Na2O8S2. The molecule has 0 saturated heterocycles. The molecule has 0 spiro atoms. The molecule has 4 N–H and O–H groups in total. The molecule has 0 fully saturated rings. The van der Waals surface area contributed by atoms with E-state index in [4.69, 9.17) is 11.5 Å². The number of ketones is 2. The number of carbonyl (C=O) groups is 2. The van der Waals surface area contributed by atoms with E-state index in [0.717, 1.165) is 0 Å². The number of fused-ring (bicyclic) bond motifs is 2. The second-order valence-corrected chi connectivity index (χ2v) is 7.98. The molecule has 0 unspecified atom stereocenters. The summed E-state index contributed by atoms with van der Waals surface area (Å²) in [5.41, 5.74) is 7.17. The van der Waals surface area contributed by atoms with Crippen LogP contribution in [0.5, 0.6) is 0 Å². The Hall–Kier alpha value is -0.800. The first-order valence-electron chi connectivity index (χ1n) is 6.72. The number of anilines is 2. The van der Waals surface area contributed by atoms with Crippen molar-refractivity contribution in [2.75, 3.05) is 11.5 Å². The van der Waals surface area contributed by atoms with Gasteiger partial charge in [-0.15, -0.1) is 0 Å². The molecule has 0 aliphatic heterocycles. The zero-order chi connectivity index (χ0) is 19.6. The Bertz CT molecular complexity index is 1140. The Morgan fingerprint density at radius 2 is 0.964 bits per heavy atom. The number of nitrogen functional groups attached to an aromatic ring is 2. The van der Waals surface area contributed by atoms with E-state index in [-0.39, 0.29) is 70.2 Å². The third-order valence-electron chi connectivity index (χ3n) is 3.85. The van der Waals surface area contributed by atoms with Gasteiger partial charge in [-0.3, -0.25) is 9.59 Å². The quantitative estimate of drug-likeness (QED) is 0.218. The van der Waals surface area contributed by atoms with Crippen molar-refractivity contribution in [3.05, 3.63) is 46.5 Å². The molecule has 14 heteroatoms. The molecule has 1 aliphatic carbocycles. The first-order valence-corrected chi connectivity index (χ1v) is 9.54. The predicted molar refractivity (Wildman–Crippen MR) is 84.5 cm³/mol. The maximum atomic E-state index is 12.7. The third-order valence-corrected chi connectivity index (χ3v) is 5.83. The molecule has 0 aromatic heterocycles. The normalized spacial score (nSPS) is 13.1. The van der Waals surface area contributed by atoms with Crippen LogP contribution >= 0.6 is 0 Å². The zero-order valence-electron chi connectivity index (χ0n) is 14.5. The van der Waals surface area contributed by atoms with Crippen LogP contribution in [0.15, 0.2) is 34.1 Å². The van der Waals surface area contributed by atoms with Gasteiger partial charge < -0.3 is 20.6 Å². The van der Waals surface area contributed by atoms with Gasteiger partial charge in [0.1, 0.15) is 20.2 Å². The van der Waals surface area contributed by atoms with E-state index in [1.165, 1.54) is 24.3 Å². The fourth-order valence-corrected chi connectivity index (χ4v) is 4.89. The number of nitrogens with two attached hydrogens (primary N) is 2. The summed E-state index contributed by atoms with van der Waals surface area (Å²) < 4.78 is 69.0. The van der Waals surface area contributed by atoms with E-state index < -0.39 is 64.1 Å². The van der Waals surface area contributed by atoms with Crippen molar-refractivity contribution < 1.29 is 94.6 Å². The summed E-state index contributed by atoms with van der Waals surface area (Å²) >= 11 is 0. The molecule has 0 radical (unpaired) electrons. The van der Waals surface area contributed by atoms with Crippen molar-refractivity contribution in [3.8, 4) is 0 Å². The number of rotatable bonds is 2. The third kappa shape index (κ3) is 3.81. The van der Waals surface area contributed by atoms with E-state index in [9.17, 15) is 35.5 Å². The second kappa shape index (κ2) is 8.14. The smallest absolute Gasteiger partial charge is 0.744 e. The van der Waals surface area contributed by atoms with Crippen molar-refractivity contribution in [3.63, 3.8) is 0 Å². The number of hydrogen-bond acceptors (Lipinski definition) is 10. The van der Waals surface area contributed by atoms with Crippen LogP contribution in [0.25, 0.3) is 0 Å². The number of carbonyl (C=O) groups excluding carboxylic acids is 2. The molecule has 0 saturated carbocycles. The number of benzene rings is 2. The molecule has 0 amide bonds. The maximum absolute atomic E-state index is 12.7. The van der Waals surface area contributed by atoms with E-state index in [2.05, 4.69) is 0 Å².